The van der Waals surface area contributed by atoms with Crippen molar-refractivity contribution in [2.75, 3.05) is 0 Å². The number of carbonyl (C=O) groups is 1. The zero-order valence-electron chi connectivity index (χ0n) is 14.5. The van der Waals surface area contributed by atoms with E-state index in [0.717, 1.165) is 11.1 Å². The molecule has 3 aromatic rings. The summed E-state index contributed by atoms with van der Waals surface area (Å²) in [7, 11) is 0. The van der Waals surface area contributed by atoms with E-state index in [1.54, 1.807) is 42.6 Å². The molecule has 0 unspecified atom stereocenters. The number of nitrogens with zero attached hydrogens (tertiary/aromatic N) is 1. The lowest BCUT2D eigenvalue weighted by atomic mass is 10.2. The number of benzene rings is 3. The monoisotopic (exact) mass is 432 g/mol. The number of hydrazone groups is 1. The largest absolute Gasteiger partial charge is 0.489 e. The predicted octanol–water partition coefficient (Wildman–Crippen LogP) is 5.99. The molecule has 4 nitrogen and oxygen atoms in total. The van der Waals surface area contributed by atoms with Crippen molar-refractivity contribution in [1.82, 2.24) is 5.43 Å². The highest BCUT2D eigenvalue weighted by atomic mass is 35.5. The standard InChI is InChI=1S/C21H15Cl3N2O2/c22-17-6-3-15(4-7-17)21(27)26-25-12-14-1-9-19(10-2-14)28-13-16-5-8-18(23)11-20(16)24/h1-12H,13H2,(H,26,27)/b25-12-. The summed E-state index contributed by atoms with van der Waals surface area (Å²) >= 11 is 17.8. The summed E-state index contributed by atoms with van der Waals surface area (Å²) in [5.41, 5.74) is 4.61. The van der Waals surface area contributed by atoms with Gasteiger partial charge in [-0.2, -0.15) is 5.10 Å². The lowest BCUT2D eigenvalue weighted by Gasteiger charge is -2.08. The number of hydrogen-bond acceptors (Lipinski definition) is 3. The van der Waals surface area contributed by atoms with Gasteiger partial charge >= 0.3 is 0 Å². The summed E-state index contributed by atoms with van der Waals surface area (Å²) in [6.45, 7) is 0.334. The molecule has 0 saturated heterocycles. The minimum absolute atomic E-state index is 0.312. The van der Waals surface area contributed by atoms with Crippen LogP contribution in [0.25, 0.3) is 0 Å². The zero-order chi connectivity index (χ0) is 19.9. The number of amides is 1. The first-order valence-electron chi connectivity index (χ1n) is 8.27. The zero-order valence-corrected chi connectivity index (χ0v) is 16.8. The molecular weight excluding hydrogens is 419 g/mol. The average molecular weight is 434 g/mol. The topological polar surface area (TPSA) is 50.7 Å². The van der Waals surface area contributed by atoms with Crippen LogP contribution in [0.15, 0.2) is 71.8 Å². The number of carbonyl (C=O) groups excluding carboxylic acids is 1. The van der Waals surface area contributed by atoms with E-state index in [9.17, 15) is 4.79 Å². The number of halogens is 3. The van der Waals surface area contributed by atoms with Crippen LogP contribution in [0.3, 0.4) is 0 Å². The van der Waals surface area contributed by atoms with Gasteiger partial charge in [0.15, 0.2) is 0 Å². The van der Waals surface area contributed by atoms with Gasteiger partial charge in [-0.15, -0.1) is 0 Å². The van der Waals surface area contributed by atoms with Gasteiger partial charge in [-0.05, 0) is 66.2 Å². The summed E-state index contributed by atoms with van der Waals surface area (Å²) in [5.74, 6) is 0.376. The quantitative estimate of drug-likeness (QED) is 0.383. The first-order chi connectivity index (χ1) is 13.5. The Bertz CT molecular complexity index is 988. The lowest BCUT2D eigenvalue weighted by Crippen LogP contribution is -2.17. The van der Waals surface area contributed by atoms with Gasteiger partial charge in [-0.3, -0.25) is 4.79 Å². The molecule has 0 saturated carbocycles. The number of nitrogens with one attached hydrogen (secondary N) is 1. The maximum Gasteiger partial charge on any atom is 0.271 e. The Balaban J connectivity index is 1.53. The SMILES string of the molecule is O=C(N/N=C\c1ccc(OCc2ccc(Cl)cc2Cl)cc1)c1ccc(Cl)cc1. The van der Waals surface area contributed by atoms with Gasteiger partial charge in [0.05, 0.1) is 6.21 Å². The van der Waals surface area contributed by atoms with Crippen LogP contribution < -0.4 is 10.2 Å². The van der Waals surface area contributed by atoms with Crippen molar-refractivity contribution in [3.05, 3.63) is 98.5 Å². The van der Waals surface area contributed by atoms with Crippen molar-refractivity contribution in [3.63, 3.8) is 0 Å². The van der Waals surface area contributed by atoms with Crippen molar-refractivity contribution in [1.29, 1.82) is 0 Å². The smallest absolute Gasteiger partial charge is 0.271 e. The van der Waals surface area contributed by atoms with Gasteiger partial charge in [-0.25, -0.2) is 5.43 Å². The Morgan fingerprint density at radius 2 is 1.61 bits per heavy atom. The molecule has 3 aromatic carbocycles. The second-order valence-corrected chi connectivity index (χ2v) is 7.08. The minimum atomic E-state index is -0.312. The van der Waals surface area contributed by atoms with E-state index in [2.05, 4.69) is 10.5 Å². The Labute approximate surface area is 177 Å². The lowest BCUT2D eigenvalue weighted by molar-refractivity contribution is 0.0955. The highest BCUT2D eigenvalue weighted by Gasteiger charge is 2.04. The van der Waals surface area contributed by atoms with Gasteiger partial charge in [0.25, 0.3) is 5.91 Å². The van der Waals surface area contributed by atoms with E-state index in [4.69, 9.17) is 39.5 Å². The Morgan fingerprint density at radius 1 is 0.929 bits per heavy atom. The van der Waals surface area contributed by atoms with Gasteiger partial charge in [0, 0.05) is 26.2 Å². The Kier molecular flexibility index (Phi) is 6.93. The molecule has 1 N–H and O–H groups in total. The fraction of sp³-hybridized carbons (Fsp3) is 0.0476. The van der Waals surface area contributed by atoms with Crippen molar-refractivity contribution >= 4 is 46.9 Å². The molecule has 0 aliphatic rings. The van der Waals surface area contributed by atoms with E-state index < -0.39 is 0 Å². The molecule has 1 amide bonds. The van der Waals surface area contributed by atoms with Crippen LogP contribution in [-0.4, -0.2) is 12.1 Å². The molecule has 0 aromatic heterocycles. The van der Waals surface area contributed by atoms with Crippen LogP contribution in [0.1, 0.15) is 21.5 Å². The molecule has 0 heterocycles. The highest BCUT2D eigenvalue weighted by molar-refractivity contribution is 6.35. The second kappa shape index (κ2) is 9.60. The summed E-state index contributed by atoms with van der Waals surface area (Å²) in [6, 6.07) is 19.1. The van der Waals surface area contributed by atoms with E-state index in [0.29, 0.717) is 33.0 Å². The molecular formula is C21H15Cl3N2O2. The summed E-state index contributed by atoms with van der Waals surface area (Å²) < 4.78 is 5.73. The van der Waals surface area contributed by atoms with E-state index in [1.807, 2.05) is 30.3 Å². The molecule has 0 atom stereocenters. The number of rotatable bonds is 6. The predicted molar refractivity (Wildman–Crippen MR) is 114 cm³/mol. The molecule has 0 spiro atoms. The van der Waals surface area contributed by atoms with Crippen LogP contribution in [0.4, 0.5) is 0 Å². The third-order valence-electron chi connectivity index (χ3n) is 3.78. The van der Waals surface area contributed by atoms with Crippen LogP contribution in [0, 0.1) is 0 Å². The minimum Gasteiger partial charge on any atom is -0.489 e. The number of hydrogen-bond donors (Lipinski definition) is 1. The third-order valence-corrected chi connectivity index (χ3v) is 4.61. The van der Waals surface area contributed by atoms with Gasteiger partial charge in [0.1, 0.15) is 12.4 Å². The van der Waals surface area contributed by atoms with Crippen molar-refractivity contribution in [2.24, 2.45) is 5.10 Å². The Hall–Kier alpha value is -2.53. The first kappa shape index (κ1) is 20.2. The summed E-state index contributed by atoms with van der Waals surface area (Å²) in [5, 5.41) is 5.67. The summed E-state index contributed by atoms with van der Waals surface area (Å²) in [6.07, 6.45) is 1.55. The molecule has 0 aliphatic heterocycles. The van der Waals surface area contributed by atoms with E-state index in [-0.39, 0.29) is 5.91 Å². The maximum absolute atomic E-state index is 12.0. The molecule has 0 fully saturated rings. The van der Waals surface area contributed by atoms with E-state index >= 15 is 0 Å². The van der Waals surface area contributed by atoms with Crippen LogP contribution in [-0.2, 0) is 6.61 Å². The van der Waals surface area contributed by atoms with E-state index in [1.165, 1.54) is 0 Å². The fourth-order valence-corrected chi connectivity index (χ4v) is 2.87. The third kappa shape index (κ3) is 5.73. The average Bonchev–Trinajstić information content (AvgIpc) is 2.69. The molecule has 0 radical (unpaired) electrons. The van der Waals surface area contributed by atoms with Crippen molar-refractivity contribution < 1.29 is 9.53 Å². The Morgan fingerprint density at radius 3 is 2.29 bits per heavy atom. The summed E-state index contributed by atoms with van der Waals surface area (Å²) in [4.78, 5) is 12.0. The normalized spacial score (nSPS) is 10.8. The van der Waals surface area contributed by atoms with Gasteiger partial charge < -0.3 is 4.74 Å². The molecule has 3 rings (SSSR count). The molecule has 28 heavy (non-hydrogen) atoms. The van der Waals surface area contributed by atoms with Crippen LogP contribution >= 0.6 is 34.8 Å². The molecule has 7 heteroatoms. The van der Waals surface area contributed by atoms with Gasteiger partial charge in [-0.1, -0.05) is 40.9 Å². The molecule has 0 bridgehead atoms. The highest BCUT2D eigenvalue weighted by Crippen LogP contribution is 2.22. The number of ether oxygens (including phenoxy) is 1. The van der Waals surface area contributed by atoms with Crippen LogP contribution in [0.5, 0.6) is 5.75 Å². The maximum atomic E-state index is 12.0. The molecule has 0 aliphatic carbocycles. The van der Waals surface area contributed by atoms with Crippen molar-refractivity contribution in [3.8, 4) is 5.75 Å². The van der Waals surface area contributed by atoms with Gasteiger partial charge in [0.2, 0.25) is 0 Å². The first-order valence-corrected chi connectivity index (χ1v) is 9.40. The molecule has 142 valence electrons. The fourth-order valence-electron chi connectivity index (χ4n) is 2.28. The second-order valence-electron chi connectivity index (χ2n) is 5.80. The van der Waals surface area contributed by atoms with Crippen LogP contribution in [0.2, 0.25) is 15.1 Å². The van der Waals surface area contributed by atoms with Crippen molar-refractivity contribution in [2.45, 2.75) is 6.61 Å².